The van der Waals surface area contributed by atoms with Crippen LogP contribution in [0.5, 0.6) is 5.88 Å². The first-order chi connectivity index (χ1) is 10.8. The molecule has 0 aromatic carbocycles. The standard InChI is InChI=1S/C16H18N4O2/c1-22-15-5-4-12(9-18-15)16(21)20-8-2-3-13(10-20)14-6-7-17-11-19-14/h4-7,9,11,13H,2-3,8,10H2,1H3/t13-/m0/s1. The van der Waals surface area contributed by atoms with Crippen LogP contribution in [-0.2, 0) is 0 Å². The summed E-state index contributed by atoms with van der Waals surface area (Å²) in [5.41, 5.74) is 1.59. The molecule has 6 heteroatoms. The molecule has 0 unspecified atom stereocenters. The maximum absolute atomic E-state index is 12.6. The van der Waals surface area contributed by atoms with E-state index in [0.717, 1.165) is 25.1 Å². The van der Waals surface area contributed by atoms with Crippen LogP contribution in [0.3, 0.4) is 0 Å². The summed E-state index contributed by atoms with van der Waals surface area (Å²) >= 11 is 0. The van der Waals surface area contributed by atoms with Crippen molar-refractivity contribution >= 4 is 5.91 Å². The molecule has 1 fully saturated rings. The van der Waals surface area contributed by atoms with E-state index in [0.29, 0.717) is 18.0 Å². The van der Waals surface area contributed by atoms with E-state index in [-0.39, 0.29) is 11.8 Å². The summed E-state index contributed by atoms with van der Waals surface area (Å²) in [5, 5.41) is 0. The average molecular weight is 298 g/mol. The molecular weight excluding hydrogens is 280 g/mol. The smallest absolute Gasteiger partial charge is 0.255 e. The van der Waals surface area contributed by atoms with Gasteiger partial charge in [0.1, 0.15) is 6.33 Å². The molecule has 6 nitrogen and oxygen atoms in total. The third-order valence-corrected chi connectivity index (χ3v) is 3.92. The second-order valence-electron chi connectivity index (χ2n) is 5.31. The summed E-state index contributed by atoms with van der Waals surface area (Å²) in [7, 11) is 1.56. The Kier molecular flexibility index (Phi) is 4.27. The first kappa shape index (κ1) is 14.4. The van der Waals surface area contributed by atoms with E-state index < -0.39 is 0 Å². The number of hydrogen-bond acceptors (Lipinski definition) is 5. The van der Waals surface area contributed by atoms with Gasteiger partial charge >= 0.3 is 0 Å². The summed E-state index contributed by atoms with van der Waals surface area (Å²) in [6.45, 7) is 1.45. The van der Waals surface area contributed by atoms with Crippen molar-refractivity contribution in [2.75, 3.05) is 20.2 Å². The quantitative estimate of drug-likeness (QED) is 0.865. The molecule has 1 amide bonds. The van der Waals surface area contributed by atoms with Crippen LogP contribution in [0.15, 0.2) is 36.9 Å². The highest BCUT2D eigenvalue weighted by molar-refractivity contribution is 5.94. The Hall–Kier alpha value is -2.50. The van der Waals surface area contributed by atoms with E-state index in [2.05, 4.69) is 15.0 Å². The number of ether oxygens (including phenoxy) is 1. The van der Waals surface area contributed by atoms with Crippen LogP contribution in [0.2, 0.25) is 0 Å². The van der Waals surface area contributed by atoms with Crippen molar-refractivity contribution < 1.29 is 9.53 Å². The molecule has 0 radical (unpaired) electrons. The summed E-state index contributed by atoms with van der Waals surface area (Å²) < 4.78 is 5.02. The largest absolute Gasteiger partial charge is 0.481 e. The molecule has 0 spiro atoms. The van der Waals surface area contributed by atoms with Crippen LogP contribution in [0.25, 0.3) is 0 Å². The van der Waals surface area contributed by atoms with Gasteiger partial charge in [-0.3, -0.25) is 4.79 Å². The summed E-state index contributed by atoms with van der Waals surface area (Å²) in [6, 6.07) is 5.38. The fourth-order valence-corrected chi connectivity index (χ4v) is 2.76. The van der Waals surface area contributed by atoms with Crippen molar-refractivity contribution in [3.8, 4) is 5.88 Å². The zero-order chi connectivity index (χ0) is 15.4. The van der Waals surface area contributed by atoms with E-state index in [1.54, 1.807) is 38.0 Å². The van der Waals surface area contributed by atoms with Crippen molar-refractivity contribution in [1.82, 2.24) is 19.9 Å². The number of pyridine rings is 1. The van der Waals surface area contributed by atoms with Crippen LogP contribution < -0.4 is 4.74 Å². The highest BCUT2D eigenvalue weighted by Crippen LogP contribution is 2.26. The fourth-order valence-electron chi connectivity index (χ4n) is 2.76. The molecule has 1 atom stereocenters. The molecule has 0 bridgehead atoms. The Labute approximate surface area is 129 Å². The molecule has 1 saturated heterocycles. The van der Waals surface area contributed by atoms with E-state index in [4.69, 9.17) is 4.74 Å². The van der Waals surface area contributed by atoms with E-state index in [1.807, 2.05) is 11.0 Å². The second kappa shape index (κ2) is 6.51. The van der Waals surface area contributed by atoms with E-state index >= 15 is 0 Å². The van der Waals surface area contributed by atoms with Gasteiger partial charge in [-0.1, -0.05) is 0 Å². The molecular formula is C16H18N4O2. The minimum Gasteiger partial charge on any atom is -0.481 e. The first-order valence-electron chi connectivity index (χ1n) is 7.33. The lowest BCUT2D eigenvalue weighted by Gasteiger charge is -2.32. The van der Waals surface area contributed by atoms with Gasteiger partial charge in [0.15, 0.2) is 0 Å². The van der Waals surface area contributed by atoms with Gasteiger partial charge in [0.2, 0.25) is 5.88 Å². The Bertz CT molecular complexity index is 630. The number of carbonyl (C=O) groups excluding carboxylic acids is 1. The van der Waals surface area contributed by atoms with Crippen LogP contribution in [0, 0.1) is 0 Å². The molecule has 2 aromatic rings. The van der Waals surface area contributed by atoms with Crippen molar-refractivity contribution in [1.29, 1.82) is 0 Å². The molecule has 114 valence electrons. The SMILES string of the molecule is COc1ccc(C(=O)N2CCC[C@H](c3ccncn3)C2)cn1. The van der Waals surface area contributed by atoms with Gasteiger partial charge in [-0.15, -0.1) is 0 Å². The van der Waals surface area contributed by atoms with Crippen molar-refractivity contribution in [2.24, 2.45) is 0 Å². The molecule has 22 heavy (non-hydrogen) atoms. The maximum atomic E-state index is 12.6. The molecule has 2 aromatic heterocycles. The molecule has 1 aliphatic rings. The zero-order valence-corrected chi connectivity index (χ0v) is 12.5. The highest BCUT2D eigenvalue weighted by Gasteiger charge is 2.26. The van der Waals surface area contributed by atoms with Gasteiger partial charge in [-0.05, 0) is 25.0 Å². The highest BCUT2D eigenvalue weighted by atomic mass is 16.5. The van der Waals surface area contributed by atoms with Crippen LogP contribution in [0.4, 0.5) is 0 Å². The van der Waals surface area contributed by atoms with Gasteiger partial charge in [-0.2, -0.15) is 0 Å². The Morgan fingerprint density at radius 2 is 2.23 bits per heavy atom. The average Bonchev–Trinajstić information content (AvgIpc) is 2.62. The number of hydrogen-bond donors (Lipinski definition) is 0. The van der Waals surface area contributed by atoms with Gasteiger partial charge in [0.05, 0.1) is 12.7 Å². The number of likely N-dealkylation sites (tertiary alicyclic amines) is 1. The molecule has 1 aliphatic heterocycles. The molecule has 0 N–H and O–H groups in total. The molecule has 3 rings (SSSR count). The van der Waals surface area contributed by atoms with Crippen LogP contribution in [-0.4, -0.2) is 46.0 Å². The van der Waals surface area contributed by atoms with Gasteiger partial charge in [0.25, 0.3) is 5.91 Å². The summed E-state index contributed by atoms with van der Waals surface area (Å²) in [5.74, 6) is 0.787. The van der Waals surface area contributed by atoms with Crippen molar-refractivity contribution in [3.05, 3.63) is 48.2 Å². The topological polar surface area (TPSA) is 68.2 Å². The predicted molar refractivity (Wildman–Crippen MR) is 80.7 cm³/mol. The number of methoxy groups -OCH3 is 1. The number of rotatable bonds is 3. The normalized spacial score (nSPS) is 18.0. The maximum Gasteiger partial charge on any atom is 0.255 e. The molecule has 0 saturated carbocycles. The zero-order valence-electron chi connectivity index (χ0n) is 12.5. The monoisotopic (exact) mass is 298 g/mol. The van der Waals surface area contributed by atoms with E-state index in [9.17, 15) is 4.79 Å². The number of aromatic nitrogens is 3. The van der Waals surface area contributed by atoms with Crippen molar-refractivity contribution in [2.45, 2.75) is 18.8 Å². The number of piperidine rings is 1. The predicted octanol–water partition coefficient (Wildman–Crippen LogP) is 1.90. The van der Waals surface area contributed by atoms with Gasteiger partial charge < -0.3 is 9.64 Å². The Balaban J connectivity index is 1.72. The first-order valence-corrected chi connectivity index (χ1v) is 7.33. The van der Waals surface area contributed by atoms with Crippen LogP contribution in [0.1, 0.15) is 34.8 Å². The second-order valence-corrected chi connectivity index (χ2v) is 5.31. The Morgan fingerprint density at radius 1 is 1.32 bits per heavy atom. The molecule has 0 aliphatic carbocycles. The van der Waals surface area contributed by atoms with Gasteiger partial charge in [-0.25, -0.2) is 15.0 Å². The lowest BCUT2D eigenvalue weighted by Crippen LogP contribution is -2.39. The third-order valence-electron chi connectivity index (χ3n) is 3.92. The van der Waals surface area contributed by atoms with Gasteiger partial charge in [0, 0.05) is 43.2 Å². The van der Waals surface area contributed by atoms with E-state index in [1.165, 1.54) is 0 Å². The van der Waals surface area contributed by atoms with Crippen molar-refractivity contribution in [3.63, 3.8) is 0 Å². The third kappa shape index (κ3) is 3.05. The summed E-state index contributed by atoms with van der Waals surface area (Å²) in [4.78, 5) is 26.8. The lowest BCUT2D eigenvalue weighted by atomic mass is 9.94. The summed E-state index contributed by atoms with van der Waals surface area (Å²) in [6.07, 6.45) is 6.89. The number of amides is 1. The minimum absolute atomic E-state index is 0.00825. The number of nitrogens with zero attached hydrogens (tertiary/aromatic N) is 4. The fraction of sp³-hybridized carbons (Fsp3) is 0.375. The molecule has 3 heterocycles. The lowest BCUT2D eigenvalue weighted by molar-refractivity contribution is 0.0705. The number of carbonyl (C=O) groups is 1. The minimum atomic E-state index is 0.00825. The van der Waals surface area contributed by atoms with Crippen LogP contribution >= 0.6 is 0 Å². The Morgan fingerprint density at radius 3 is 2.91 bits per heavy atom.